The van der Waals surface area contributed by atoms with Gasteiger partial charge in [-0.25, -0.2) is 5.43 Å². The minimum Gasteiger partial charge on any atom is -0.493 e. The Morgan fingerprint density at radius 2 is 1.58 bits per heavy atom. The molecule has 0 fully saturated rings. The summed E-state index contributed by atoms with van der Waals surface area (Å²) in [6.07, 6.45) is 0. The molecule has 0 aliphatic heterocycles. The number of methoxy groups -OCH3 is 1. The second kappa shape index (κ2) is 9.13. The van der Waals surface area contributed by atoms with Crippen LogP contribution in [0.2, 0.25) is 5.02 Å². The molecule has 0 heterocycles. The van der Waals surface area contributed by atoms with Crippen LogP contribution >= 0.6 is 11.6 Å². The van der Waals surface area contributed by atoms with E-state index >= 15 is 0 Å². The quantitative estimate of drug-likeness (QED) is 0.546. The number of ether oxygens (including phenoxy) is 2. The Bertz CT molecular complexity index is 840. The van der Waals surface area contributed by atoms with Gasteiger partial charge in [0.15, 0.2) is 11.5 Å². The summed E-state index contributed by atoms with van der Waals surface area (Å²) in [7, 11) is 1.64. The Kier molecular flexibility index (Phi) is 6.36. The first kappa shape index (κ1) is 18.1. The molecular formula is C21H21ClN2O2. The van der Waals surface area contributed by atoms with Gasteiger partial charge in [0.1, 0.15) is 6.61 Å². The van der Waals surface area contributed by atoms with Crippen LogP contribution in [0.5, 0.6) is 11.5 Å². The summed E-state index contributed by atoms with van der Waals surface area (Å²) in [5, 5.41) is 0.688. The van der Waals surface area contributed by atoms with Gasteiger partial charge in [0.05, 0.1) is 7.11 Å². The lowest BCUT2D eigenvalue weighted by atomic mass is 10.2. The molecule has 0 spiro atoms. The van der Waals surface area contributed by atoms with E-state index in [9.17, 15) is 0 Å². The maximum absolute atomic E-state index is 6.22. The van der Waals surface area contributed by atoms with Crippen LogP contribution < -0.4 is 20.3 Å². The molecule has 0 saturated heterocycles. The molecular weight excluding hydrogens is 348 g/mol. The number of hydrogen-bond acceptors (Lipinski definition) is 4. The van der Waals surface area contributed by atoms with Gasteiger partial charge in [-0.1, -0.05) is 60.1 Å². The van der Waals surface area contributed by atoms with Crippen molar-refractivity contribution in [3.63, 3.8) is 0 Å². The summed E-state index contributed by atoms with van der Waals surface area (Å²) < 4.78 is 11.5. The molecule has 2 N–H and O–H groups in total. The normalized spacial score (nSPS) is 10.4. The van der Waals surface area contributed by atoms with Crippen molar-refractivity contribution in [2.45, 2.75) is 13.2 Å². The van der Waals surface area contributed by atoms with Crippen molar-refractivity contribution in [1.82, 2.24) is 5.43 Å². The van der Waals surface area contributed by atoms with Gasteiger partial charge in [0, 0.05) is 28.4 Å². The summed E-state index contributed by atoms with van der Waals surface area (Å²) in [5.41, 5.74) is 9.29. The summed E-state index contributed by atoms with van der Waals surface area (Å²) in [6, 6.07) is 23.4. The molecule has 0 aromatic heterocycles. The van der Waals surface area contributed by atoms with E-state index in [1.807, 2.05) is 72.8 Å². The molecule has 5 heteroatoms. The van der Waals surface area contributed by atoms with Crippen molar-refractivity contribution < 1.29 is 9.47 Å². The Hall–Kier alpha value is -2.69. The van der Waals surface area contributed by atoms with Crippen molar-refractivity contribution in [3.05, 3.63) is 88.9 Å². The molecule has 26 heavy (non-hydrogen) atoms. The second-order valence-corrected chi connectivity index (χ2v) is 6.08. The number of rotatable bonds is 8. The van der Waals surface area contributed by atoms with Gasteiger partial charge in [0.25, 0.3) is 0 Å². The lowest BCUT2D eigenvalue weighted by Crippen LogP contribution is -2.21. The number of nitrogens with one attached hydrogen (secondary N) is 2. The van der Waals surface area contributed by atoms with Crippen LogP contribution in [0.4, 0.5) is 5.69 Å². The van der Waals surface area contributed by atoms with Crippen molar-refractivity contribution in [1.29, 1.82) is 0 Å². The number of hydrogen-bond donors (Lipinski definition) is 2. The third kappa shape index (κ3) is 4.69. The van der Waals surface area contributed by atoms with Crippen LogP contribution in [-0.2, 0) is 13.2 Å². The highest BCUT2D eigenvalue weighted by molar-refractivity contribution is 6.31. The molecule has 0 radical (unpaired) electrons. The van der Waals surface area contributed by atoms with E-state index < -0.39 is 0 Å². The van der Waals surface area contributed by atoms with Gasteiger partial charge >= 0.3 is 0 Å². The zero-order valence-electron chi connectivity index (χ0n) is 14.5. The summed E-state index contributed by atoms with van der Waals surface area (Å²) in [5.74, 6) is 1.40. The topological polar surface area (TPSA) is 42.5 Å². The van der Waals surface area contributed by atoms with Gasteiger partial charge in [-0.05, 0) is 24.3 Å². The fraction of sp³-hybridized carbons (Fsp3) is 0.143. The largest absolute Gasteiger partial charge is 0.493 e. The highest BCUT2D eigenvalue weighted by Gasteiger charge is 2.11. The first-order valence-corrected chi connectivity index (χ1v) is 8.71. The minimum absolute atomic E-state index is 0.374. The second-order valence-electron chi connectivity index (χ2n) is 5.67. The minimum atomic E-state index is 0.374. The standard InChI is InChI=1S/C21H21ClN2O2/c1-25-20-13-7-9-16(14-23-24-18-10-3-2-4-11-18)21(20)26-15-17-8-5-6-12-19(17)22/h2-13,23-24H,14-15H2,1H3. The average Bonchev–Trinajstić information content (AvgIpc) is 2.68. The van der Waals surface area contributed by atoms with E-state index in [-0.39, 0.29) is 0 Å². The first-order chi connectivity index (χ1) is 12.8. The fourth-order valence-electron chi connectivity index (χ4n) is 2.55. The zero-order chi connectivity index (χ0) is 18.2. The number of halogens is 1. The third-order valence-corrected chi connectivity index (χ3v) is 4.26. The van der Waals surface area contributed by atoms with Crippen LogP contribution in [0.15, 0.2) is 72.8 Å². The molecule has 3 aromatic rings. The van der Waals surface area contributed by atoms with E-state index in [1.165, 1.54) is 0 Å². The SMILES string of the molecule is COc1cccc(CNNc2ccccc2)c1OCc1ccccc1Cl. The van der Waals surface area contributed by atoms with Gasteiger partial charge < -0.3 is 14.9 Å². The number of para-hydroxylation sites is 2. The fourth-order valence-corrected chi connectivity index (χ4v) is 2.74. The van der Waals surface area contributed by atoms with Crippen molar-refractivity contribution >= 4 is 17.3 Å². The molecule has 3 aromatic carbocycles. The van der Waals surface area contributed by atoms with Crippen molar-refractivity contribution in [3.8, 4) is 11.5 Å². The smallest absolute Gasteiger partial charge is 0.166 e. The van der Waals surface area contributed by atoms with Crippen LogP contribution in [0.3, 0.4) is 0 Å². The van der Waals surface area contributed by atoms with Crippen LogP contribution in [-0.4, -0.2) is 7.11 Å². The van der Waals surface area contributed by atoms with Crippen LogP contribution in [0.1, 0.15) is 11.1 Å². The lowest BCUT2D eigenvalue weighted by Gasteiger charge is -2.16. The first-order valence-electron chi connectivity index (χ1n) is 8.34. The monoisotopic (exact) mass is 368 g/mol. The van der Waals surface area contributed by atoms with E-state index in [1.54, 1.807) is 7.11 Å². The lowest BCUT2D eigenvalue weighted by molar-refractivity contribution is 0.281. The Morgan fingerprint density at radius 1 is 0.846 bits per heavy atom. The number of benzene rings is 3. The molecule has 0 aliphatic rings. The van der Waals surface area contributed by atoms with Crippen molar-refractivity contribution in [2.24, 2.45) is 0 Å². The van der Waals surface area contributed by atoms with Gasteiger partial charge in [-0.2, -0.15) is 0 Å². The molecule has 0 bridgehead atoms. The summed E-state index contributed by atoms with van der Waals surface area (Å²) in [4.78, 5) is 0. The molecule has 134 valence electrons. The maximum atomic E-state index is 6.22. The predicted molar refractivity (Wildman–Crippen MR) is 106 cm³/mol. The van der Waals surface area contributed by atoms with E-state index in [4.69, 9.17) is 21.1 Å². The highest BCUT2D eigenvalue weighted by Crippen LogP contribution is 2.32. The molecule has 0 aliphatic carbocycles. The average molecular weight is 369 g/mol. The predicted octanol–water partition coefficient (Wildman–Crippen LogP) is 5.04. The van der Waals surface area contributed by atoms with Crippen LogP contribution in [0.25, 0.3) is 0 Å². The molecule has 0 atom stereocenters. The van der Waals surface area contributed by atoms with Crippen LogP contribution in [0, 0.1) is 0 Å². The Balaban J connectivity index is 1.70. The molecule has 4 nitrogen and oxygen atoms in total. The van der Waals surface area contributed by atoms with Gasteiger partial charge in [0.2, 0.25) is 0 Å². The van der Waals surface area contributed by atoms with Crippen molar-refractivity contribution in [2.75, 3.05) is 12.5 Å². The highest BCUT2D eigenvalue weighted by atomic mass is 35.5. The molecule has 0 amide bonds. The molecule has 0 saturated carbocycles. The van der Waals surface area contributed by atoms with Gasteiger partial charge in [-0.3, -0.25) is 0 Å². The van der Waals surface area contributed by atoms with Gasteiger partial charge in [-0.15, -0.1) is 0 Å². The van der Waals surface area contributed by atoms with E-state index in [0.29, 0.717) is 29.7 Å². The number of anilines is 1. The molecule has 0 unspecified atom stereocenters. The summed E-state index contributed by atoms with van der Waals surface area (Å²) >= 11 is 6.22. The Labute approximate surface area is 158 Å². The maximum Gasteiger partial charge on any atom is 0.166 e. The number of hydrazine groups is 1. The third-order valence-electron chi connectivity index (χ3n) is 3.90. The van der Waals surface area contributed by atoms with E-state index in [2.05, 4.69) is 10.9 Å². The Morgan fingerprint density at radius 3 is 2.35 bits per heavy atom. The zero-order valence-corrected chi connectivity index (χ0v) is 15.3. The summed E-state index contributed by atoms with van der Waals surface area (Å²) in [6.45, 7) is 0.948. The molecule has 3 rings (SSSR count). The van der Waals surface area contributed by atoms with E-state index in [0.717, 1.165) is 16.8 Å².